The number of methoxy groups -OCH3 is 2. The number of pyridine rings is 1. The van der Waals surface area contributed by atoms with Gasteiger partial charge in [-0.2, -0.15) is 0 Å². The largest absolute Gasteiger partial charge is 0.493 e. The monoisotopic (exact) mass is 557 g/mol. The van der Waals surface area contributed by atoms with E-state index < -0.39 is 12.1 Å². The van der Waals surface area contributed by atoms with Crippen LogP contribution in [0.4, 0.5) is 0 Å². The van der Waals surface area contributed by atoms with Gasteiger partial charge in [0.05, 0.1) is 19.8 Å². The van der Waals surface area contributed by atoms with Crippen molar-refractivity contribution in [3.8, 4) is 11.5 Å². The van der Waals surface area contributed by atoms with E-state index in [1.165, 1.54) is 0 Å². The van der Waals surface area contributed by atoms with Crippen LogP contribution in [-0.2, 0) is 22.4 Å². The molecule has 2 aromatic rings. The first-order valence-corrected chi connectivity index (χ1v) is 14.6. The van der Waals surface area contributed by atoms with Gasteiger partial charge in [-0.15, -0.1) is 0 Å². The van der Waals surface area contributed by atoms with Gasteiger partial charge in [-0.25, -0.2) is 0 Å². The van der Waals surface area contributed by atoms with E-state index in [2.05, 4.69) is 30.2 Å². The number of aliphatic hydroxyl groups excluding tert-OH is 1. The van der Waals surface area contributed by atoms with Gasteiger partial charge in [0.1, 0.15) is 0 Å². The Balaban J connectivity index is 1.97. The zero-order chi connectivity index (χ0) is 29.5. The molecule has 224 valence electrons. The number of aliphatic hydroxyl groups is 1. The highest BCUT2D eigenvalue weighted by atomic mass is 16.5. The number of ether oxygens (including phenoxy) is 3. The van der Waals surface area contributed by atoms with Crippen molar-refractivity contribution in [1.82, 2.24) is 10.3 Å². The topological polar surface area (TPSA) is 116 Å². The summed E-state index contributed by atoms with van der Waals surface area (Å²) in [7, 11) is 3.32. The fourth-order valence-electron chi connectivity index (χ4n) is 4.85. The molecule has 40 heavy (non-hydrogen) atoms. The summed E-state index contributed by atoms with van der Waals surface area (Å²) >= 11 is 0. The Bertz CT molecular complexity index is 986. The van der Waals surface area contributed by atoms with Crippen molar-refractivity contribution in [3.63, 3.8) is 0 Å². The molecule has 0 fully saturated rings. The lowest BCUT2D eigenvalue weighted by atomic mass is 9.81. The van der Waals surface area contributed by atoms with Crippen molar-refractivity contribution in [2.24, 2.45) is 29.4 Å². The number of nitrogens with two attached hydrogens (primary N) is 1. The highest BCUT2D eigenvalue weighted by molar-refractivity contribution is 5.78. The lowest BCUT2D eigenvalue weighted by molar-refractivity contribution is -0.127. The predicted molar refractivity (Wildman–Crippen MR) is 160 cm³/mol. The summed E-state index contributed by atoms with van der Waals surface area (Å²) in [6.45, 7) is 10.1. The molecule has 8 nitrogen and oxygen atoms in total. The van der Waals surface area contributed by atoms with Gasteiger partial charge in [-0.1, -0.05) is 39.8 Å². The van der Waals surface area contributed by atoms with E-state index in [0.717, 1.165) is 29.8 Å². The Morgan fingerprint density at radius 2 is 1.80 bits per heavy atom. The number of nitrogens with zero attached hydrogens (tertiary/aromatic N) is 1. The molecule has 0 spiro atoms. The molecule has 1 aromatic carbocycles. The SMILES string of the molecule is COCCCOc1cc(C[C@@H](C[C@H](N)[C@@H](O)C[C@H](C(=O)NCCc2ccccn2)C(C)C)C(C)C)ccc1OC. The maximum atomic E-state index is 13.0. The van der Waals surface area contributed by atoms with Gasteiger partial charge in [0, 0.05) is 57.0 Å². The van der Waals surface area contributed by atoms with Gasteiger partial charge in [-0.3, -0.25) is 9.78 Å². The second-order valence-electron chi connectivity index (χ2n) is 11.3. The van der Waals surface area contributed by atoms with Crippen LogP contribution in [0.3, 0.4) is 0 Å². The maximum absolute atomic E-state index is 13.0. The van der Waals surface area contributed by atoms with E-state index in [1.54, 1.807) is 20.4 Å². The average molecular weight is 558 g/mol. The van der Waals surface area contributed by atoms with Crippen LogP contribution >= 0.6 is 0 Å². The molecule has 0 aliphatic rings. The Kier molecular flexibility index (Phi) is 15.0. The number of carbonyl (C=O) groups excluding carboxylic acids is 1. The van der Waals surface area contributed by atoms with Crippen molar-refractivity contribution in [2.75, 3.05) is 34.0 Å². The molecule has 0 aliphatic carbocycles. The van der Waals surface area contributed by atoms with Gasteiger partial charge in [0.15, 0.2) is 11.5 Å². The average Bonchev–Trinajstić information content (AvgIpc) is 2.93. The van der Waals surface area contributed by atoms with Crippen LogP contribution < -0.4 is 20.5 Å². The summed E-state index contributed by atoms with van der Waals surface area (Å²) in [5.74, 6) is 1.75. The second kappa shape index (κ2) is 17.9. The number of nitrogens with one attached hydrogen (secondary N) is 1. The van der Waals surface area contributed by atoms with Crippen molar-refractivity contribution in [1.29, 1.82) is 0 Å². The molecule has 0 bridgehead atoms. The number of amides is 1. The Hall–Kier alpha value is -2.68. The molecule has 8 heteroatoms. The zero-order valence-corrected chi connectivity index (χ0v) is 25.3. The van der Waals surface area contributed by atoms with Crippen LogP contribution in [0, 0.1) is 23.7 Å². The molecule has 1 heterocycles. The van der Waals surface area contributed by atoms with Crippen LogP contribution in [0.5, 0.6) is 11.5 Å². The van der Waals surface area contributed by atoms with Crippen LogP contribution in [-0.4, -0.2) is 62.1 Å². The first-order chi connectivity index (χ1) is 19.2. The molecule has 4 N–H and O–H groups in total. The van der Waals surface area contributed by atoms with E-state index >= 15 is 0 Å². The molecule has 0 saturated carbocycles. The highest BCUT2D eigenvalue weighted by Gasteiger charge is 2.29. The van der Waals surface area contributed by atoms with Gasteiger partial charge in [-0.05, 0) is 66.8 Å². The van der Waals surface area contributed by atoms with E-state index in [1.807, 2.05) is 44.2 Å². The van der Waals surface area contributed by atoms with Gasteiger partial charge in [0.25, 0.3) is 0 Å². The van der Waals surface area contributed by atoms with Crippen LogP contribution in [0.25, 0.3) is 0 Å². The van der Waals surface area contributed by atoms with Crippen molar-refractivity contribution < 1.29 is 24.1 Å². The first kappa shape index (κ1) is 33.5. The minimum atomic E-state index is -0.772. The van der Waals surface area contributed by atoms with Crippen molar-refractivity contribution in [3.05, 3.63) is 53.9 Å². The molecular formula is C32H51N3O5. The van der Waals surface area contributed by atoms with E-state index in [9.17, 15) is 9.90 Å². The predicted octanol–water partition coefficient (Wildman–Crippen LogP) is 4.42. The summed E-state index contributed by atoms with van der Waals surface area (Å²) in [5.41, 5.74) is 8.63. The molecule has 0 aliphatic heterocycles. The smallest absolute Gasteiger partial charge is 0.223 e. The molecule has 0 unspecified atom stereocenters. The Morgan fingerprint density at radius 3 is 2.42 bits per heavy atom. The summed E-state index contributed by atoms with van der Waals surface area (Å²) < 4.78 is 16.6. The third-order valence-electron chi connectivity index (χ3n) is 7.53. The number of rotatable bonds is 19. The lowest BCUT2D eigenvalue weighted by Gasteiger charge is -2.30. The molecule has 0 radical (unpaired) electrons. The Morgan fingerprint density at radius 1 is 1.02 bits per heavy atom. The van der Waals surface area contributed by atoms with E-state index in [0.29, 0.717) is 50.7 Å². The number of hydrogen-bond donors (Lipinski definition) is 3. The third-order valence-corrected chi connectivity index (χ3v) is 7.53. The first-order valence-electron chi connectivity index (χ1n) is 14.6. The van der Waals surface area contributed by atoms with Crippen LogP contribution in [0.15, 0.2) is 42.6 Å². The van der Waals surface area contributed by atoms with Crippen LogP contribution in [0.1, 0.15) is 58.2 Å². The van der Waals surface area contributed by atoms with Gasteiger partial charge in [0.2, 0.25) is 5.91 Å². The number of aromatic nitrogens is 1. The fraction of sp³-hybridized carbons (Fsp3) is 0.625. The van der Waals surface area contributed by atoms with Crippen LogP contribution in [0.2, 0.25) is 0 Å². The highest BCUT2D eigenvalue weighted by Crippen LogP contribution is 2.31. The number of hydrogen-bond acceptors (Lipinski definition) is 7. The zero-order valence-electron chi connectivity index (χ0n) is 25.3. The summed E-state index contributed by atoms with van der Waals surface area (Å²) in [4.78, 5) is 17.3. The third kappa shape index (κ3) is 11.4. The molecule has 4 atom stereocenters. The minimum Gasteiger partial charge on any atom is -0.493 e. The van der Waals surface area contributed by atoms with Gasteiger partial charge < -0.3 is 30.4 Å². The second-order valence-corrected chi connectivity index (χ2v) is 11.3. The van der Waals surface area contributed by atoms with Gasteiger partial charge >= 0.3 is 0 Å². The quantitative estimate of drug-likeness (QED) is 0.219. The maximum Gasteiger partial charge on any atom is 0.223 e. The number of carbonyl (C=O) groups is 1. The van der Waals surface area contributed by atoms with Crippen molar-refractivity contribution in [2.45, 2.75) is 71.9 Å². The molecule has 1 aromatic heterocycles. The molecule has 1 amide bonds. The normalized spacial score (nSPS) is 14.6. The fourth-order valence-corrected chi connectivity index (χ4v) is 4.85. The standard InChI is InChI=1S/C32H51N3O5/c1-22(2)25(18-24-11-12-30(39-6)31(19-24)40-17-9-16-38-5)20-28(33)29(36)21-27(23(3)4)32(37)35-15-13-26-10-7-8-14-34-26/h7-8,10-12,14,19,22-23,25,27-29,36H,9,13,15-18,20-21,33H2,1-6H3,(H,35,37)/t25-,27-,28-,29-/m0/s1. The van der Waals surface area contributed by atoms with Crippen molar-refractivity contribution >= 4 is 5.91 Å². The lowest BCUT2D eigenvalue weighted by Crippen LogP contribution is -2.43. The summed E-state index contributed by atoms with van der Waals surface area (Å²) in [6, 6.07) is 11.4. The molecule has 0 saturated heterocycles. The summed E-state index contributed by atoms with van der Waals surface area (Å²) in [5, 5.41) is 14.1. The number of benzene rings is 1. The van der Waals surface area contributed by atoms with E-state index in [-0.39, 0.29) is 23.7 Å². The molecular weight excluding hydrogens is 506 g/mol. The van der Waals surface area contributed by atoms with E-state index in [4.69, 9.17) is 19.9 Å². The Labute approximate surface area is 241 Å². The minimum absolute atomic E-state index is 0.0474. The summed E-state index contributed by atoms with van der Waals surface area (Å²) in [6.07, 6.45) is 4.24. The molecule has 2 rings (SSSR count).